The molecule has 0 bridgehead atoms. The lowest BCUT2D eigenvalue weighted by Gasteiger charge is -2.13. The third kappa shape index (κ3) is 3.35. The molecule has 23 heavy (non-hydrogen) atoms. The first-order valence-corrected chi connectivity index (χ1v) is 7.49. The third-order valence-corrected chi connectivity index (χ3v) is 3.90. The van der Waals surface area contributed by atoms with Gasteiger partial charge in [0.15, 0.2) is 0 Å². The molecule has 0 radical (unpaired) electrons. The number of aryl methyl sites for hydroxylation is 1. The number of hydrogen-bond acceptors (Lipinski definition) is 2. The number of nitrogens with zero attached hydrogens (tertiary/aromatic N) is 2. The molecule has 0 saturated carbocycles. The lowest BCUT2D eigenvalue weighted by atomic mass is 10.0. The lowest BCUT2D eigenvalue weighted by molar-refractivity contribution is 0.0697. The number of hydrogen-bond donors (Lipinski definition) is 1. The van der Waals surface area contributed by atoms with Crippen LogP contribution in [0.5, 0.6) is 0 Å². The molecule has 0 aliphatic rings. The Labute approximate surface area is 136 Å². The first-order valence-electron chi connectivity index (χ1n) is 7.49. The number of carboxylic acids is 1. The van der Waals surface area contributed by atoms with E-state index in [4.69, 9.17) is 5.11 Å². The molecule has 4 nitrogen and oxygen atoms in total. The Hall–Kier alpha value is -2.80. The van der Waals surface area contributed by atoms with Crippen molar-refractivity contribution in [2.24, 2.45) is 0 Å². The van der Waals surface area contributed by atoms with Crippen LogP contribution in [0.15, 0.2) is 30.3 Å². The zero-order valence-electron chi connectivity index (χ0n) is 13.8. The molecule has 1 N–H and O–H groups in total. The highest BCUT2D eigenvalue weighted by Gasteiger charge is 2.11. The number of nitriles is 1. The molecule has 0 fully saturated rings. The fourth-order valence-corrected chi connectivity index (χ4v) is 2.87. The average Bonchev–Trinajstić information content (AvgIpc) is 2.79. The van der Waals surface area contributed by atoms with E-state index in [0.29, 0.717) is 17.2 Å². The van der Waals surface area contributed by atoms with Gasteiger partial charge in [0.25, 0.3) is 0 Å². The summed E-state index contributed by atoms with van der Waals surface area (Å²) in [5.41, 5.74) is 4.73. The van der Waals surface area contributed by atoms with Gasteiger partial charge >= 0.3 is 5.97 Å². The SMILES string of the molecule is Cc1cc(/C=C(/C#N)c2ccc(C(=O)O)cc2)c(C)n1C(C)C. The second-order valence-electron chi connectivity index (χ2n) is 5.84. The molecule has 0 unspecified atom stereocenters. The van der Waals surface area contributed by atoms with Gasteiger partial charge in [0.1, 0.15) is 0 Å². The average molecular weight is 308 g/mol. The van der Waals surface area contributed by atoms with Gasteiger partial charge in [0, 0.05) is 17.4 Å². The summed E-state index contributed by atoms with van der Waals surface area (Å²) in [6, 6.07) is 11.0. The molecule has 4 heteroatoms. The fourth-order valence-electron chi connectivity index (χ4n) is 2.87. The van der Waals surface area contributed by atoms with E-state index < -0.39 is 5.97 Å². The summed E-state index contributed by atoms with van der Waals surface area (Å²) in [4.78, 5) is 10.9. The van der Waals surface area contributed by atoms with Crippen LogP contribution in [-0.2, 0) is 0 Å². The molecule has 0 aliphatic carbocycles. The number of carboxylic acid groups (broad SMARTS) is 1. The van der Waals surface area contributed by atoms with E-state index in [1.165, 1.54) is 12.1 Å². The zero-order valence-corrected chi connectivity index (χ0v) is 13.8. The van der Waals surface area contributed by atoms with Crippen molar-refractivity contribution >= 4 is 17.6 Å². The van der Waals surface area contributed by atoms with E-state index >= 15 is 0 Å². The van der Waals surface area contributed by atoms with Crippen LogP contribution in [0.3, 0.4) is 0 Å². The molecule has 1 aromatic heterocycles. The summed E-state index contributed by atoms with van der Waals surface area (Å²) in [5.74, 6) is -0.973. The Morgan fingerprint density at radius 3 is 2.22 bits per heavy atom. The Bertz CT molecular complexity index is 803. The maximum atomic E-state index is 10.9. The van der Waals surface area contributed by atoms with Crippen molar-refractivity contribution < 1.29 is 9.90 Å². The van der Waals surface area contributed by atoms with Crippen molar-refractivity contribution in [3.8, 4) is 6.07 Å². The fraction of sp³-hybridized carbons (Fsp3) is 0.263. The van der Waals surface area contributed by atoms with Gasteiger partial charge < -0.3 is 9.67 Å². The largest absolute Gasteiger partial charge is 0.478 e. The minimum atomic E-state index is -0.973. The van der Waals surface area contributed by atoms with Crippen LogP contribution in [0.1, 0.15) is 52.8 Å². The van der Waals surface area contributed by atoms with Crippen LogP contribution in [-0.4, -0.2) is 15.6 Å². The van der Waals surface area contributed by atoms with Crippen molar-refractivity contribution in [1.82, 2.24) is 4.57 Å². The van der Waals surface area contributed by atoms with Gasteiger partial charge in [-0.1, -0.05) is 12.1 Å². The maximum Gasteiger partial charge on any atom is 0.335 e. The lowest BCUT2D eigenvalue weighted by Crippen LogP contribution is -2.04. The molecule has 118 valence electrons. The van der Waals surface area contributed by atoms with E-state index in [1.807, 2.05) is 13.0 Å². The molecule has 2 aromatic rings. The van der Waals surface area contributed by atoms with Crippen LogP contribution in [0.2, 0.25) is 0 Å². The van der Waals surface area contributed by atoms with Crippen LogP contribution in [0, 0.1) is 25.2 Å². The number of benzene rings is 1. The van der Waals surface area contributed by atoms with Crippen molar-refractivity contribution in [3.05, 3.63) is 58.4 Å². The van der Waals surface area contributed by atoms with Gasteiger partial charge in [-0.3, -0.25) is 0 Å². The molecule has 0 saturated heterocycles. The minimum Gasteiger partial charge on any atom is -0.478 e. The van der Waals surface area contributed by atoms with Crippen molar-refractivity contribution in [1.29, 1.82) is 5.26 Å². The summed E-state index contributed by atoms with van der Waals surface area (Å²) < 4.78 is 2.23. The predicted molar refractivity (Wildman–Crippen MR) is 91.2 cm³/mol. The summed E-state index contributed by atoms with van der Waals surface area (Å²) in [6.45, 7) is 8.35. The minimum absolute atomic E-state index is 0.212. The van der Waals surface area contributed by atoms with Crippen molar-refractivity contribution in [2.45, 2.75) is 33.7 Å². The molecule has 0 amide bonds. The van der Waals surface area contributed by atoms with Gasteiger partial charge in [-0.05, 0) is 63.1 Å². The van der Waals surface area contributed by atoms with Gasteiger partial charge in [-0.15, -0.1) is 0 Å². The molecule has 0 spiro atoms. The second-order valence-corrected chi connectivity index (χ2v) is 5.84. The Balaban J connectivity index is 2.46. The smallest absolute Gasteiger partial charge is 0.335 e. The van der Waals surface area contributed by atoms with Crippen LogP contribution in [0.25, 0.3) is 11.6 Å². The van der Waals surface area contributed by atoms with Crippen molar-refractivity contribution in [3.63, 3.8) is 0 Å². The molecule has 1 aromatic carbocycles. The molecule has 0 aliphatic heterocycles. The highest BCUT2D eigenvalue weighted by Crippen LogP contribution is 2.25. The third-order valence-electron chi connectivity index (χ3n) is 3.90. The number of aromatic nitrogens is 1. The monoisotopic (exact) mass is 308 g/mol. The summed E-state index contributed by atoms with van der Waals surface area (Å²) >= 11 is 0. The number of rotatable bonds is 4. The molecule has 1 heterocycles. The highest BCUT2D eigenvalue weighted by molar-refractivity contribution is 5.92. The van der Waals surface area contributed by atoms with E-state index in [1.54, 1.807) is 12.1 Å². The van der Waals surface area contributed by atoms with Crippen molar-refractivity contribution in [2.75, 3.05) is 0 Å². The standard InChI is InChI=1S/C19H20N2O2/c1-12(2)21-13(3)9-17(14(21)4)10-18(11-20)15-5-7-16(8-6-15)19(22)23/h5-10,12H,1-4H3,(H,22,23)/b18-10-. The Morgan fingerprint density at radius 1 is 1.22 bits per heavy atom. The first kappa shape index (κ1) is 16.6. The zero-order chi connectivity index (χ0) is 17.1. The topological polar surface area (TPSA) is 66.0 Å². The van der Waals surface area contributed by atoms with E-state index in [9.17, 15) is 10.1 Å². The Kier molecular flexibility index (Phi) is 4.71. The van der Waals surface area contributed by atoms with Gasteiger partial charge in [0.2, 0.25) is 0 Å². The quantitative estimate of drug-likeness (QED) is 0.849. The summed E-state index contributed by atoms with van der Waals surface area (Å²) in [6.07, 6.45) is 1.86. The molecule has 2 rings (SSSR count). The first-order chi connectivity index (χ1) is 10.8. The Morgan fingerprint density at radius 2 is 1.78 bits per heavy atom. The number of carbonyl (C=O) groups is 1. The second kappa shape index (κ2) is 6.53. The number of allylic oxidation sites excluding steroid dienone is 1. The van der Waals surface area contributed by atoms with E-state index in [0.717, 1.165) is 17.0 Å². The van der Waals surface area contributed by atoms with Crippen LogP contribution < -0.4 is 0 Å². The molecular formula is C19H20N2O2. The van der Waals surface area contributed by atoms with Crippen LogP contribution in [0.4, 0.5) is 0 Å². The van der Waals surface area contributed by atoms with Gasteiger partial charge in [-0.25, -0.2) is 4.79 Å². The predicted octanol–water partition coefficient (Wildman–Crippen LogP) is 4.45. The van der Waals surface area contributed by atoms with Gasteiger partial charge in [-0.2, -0.15) is 5.26 Å². The molecular weight excluding hydrogens is 288 g/mol. The highest BCUT2D eigenvalue weighted by atomic mass is 16.4. The van der Waals surface area contributed by atoms with Gasteiger partial charge in [0.05, 0.1) is 17.2 Å². The van der Waals surface area contributed by atoms with E-state index in [2.05, 4.69) is 37.5 Å². The summed E-state index contributed by atoms with van der Waals surface area (Å²) in [5, 5.41) is 18.4. The summed E-state index contributed by atoms with van der Waals surface area (Å²) in [7, 11) is 0. The number of aromatic carboxylic acids is 1. The normalized spacial score (nSPS) is 11.6. The van der Waals surface area contributed by atoms with Crippen LogP contribution >= 0.6 is 0 Å². The molecule has 0 atom stereocenters. The van der Waals surface area contributed by atoms with E-state index in [-0.39, 0.29) is 5.56 Å². The maximum absolute atomic E-state index is 10.9.